The fourth-order valence-corrected chi connectivity index (χ4v) is 2.71. The van der Waals surface area contributed by atoms with E-state index in [4.69, 9.17) is 4.74 Å². The molecule has 3 rings (SSSR count). The maximum atomic E-state index is 5.93. The third-order valence-corrected chi connectivity index (χ3v) is 3.37. The summed E-state index contributed by atoms with van der Waals surface area (Å²) < 4.78 is 5.93. The van der Waals surface area contributed by atoms with E-state index in [1.165, 1.54) is 12.8 Å². The maximum absolute atomic E-state index is 5.93. The summed E-state index contributed by atoms with van der Waals surface area (Å²) in [7, 11) is 0. The van der Waals surface area contributed by atoms with Crippen LogP contribution in [0.1, 0.15) is 25.7 Å². The number of fused-ring (bicyclic) bond motifs is 2. The lowest BCUT2D eigenvalue weighted by molar-refractivity contribution is 0.137. The third-order valence-electron chi connectivity index (χ3n) is 3.37. The molecule has 16 heavy (non-hydrogen) atoms. The summed E-state index contributed by atoms with van der Waals surface area (Å²) in [6, 6.07) is 5.28. The van der Waals surface area contributed by atoms with Gasteiger partial charge < -0.3 is 10.1 Å². The van der Waals surface area contributed by atoms with Crippen molar-refractivity contribution in [3.63, 3.8) is 0 Å². The molecule has 0 spiro atoms. The van der Waals surface area contributed by atoms with E-state index in [9.17, 15) is 0 Å². The van der Waals surface area contributed by atoms with E-state index in [0.29, 0.717) is 18.2 Å². The van der Waals surface area contributed by atoms with Crippen LogP contribution in [0, 0.1) is 0 Å². The monoisotopic (exact) mass is 240 g/mol. The Bertz CT molecular complexity index is 321. The zero-order chi connectivity index (χ0) is 10.1. The Kier molecular flexibility index (Phi) is 3.66. The molecule has 2 aliphatic rings. The van der Waals surface area contributed by atoms with Crippen LogP contribution in [-0.4, -0.2) is 23.2 Å². The van der Waals surface area contributed by atoms with Gasteiger partial charge in [-0.3, -0.25) is 4.98 Å². The summed E-state index contributed by atoms with van der Waals surface area (Å²) in [6.45, 7) is 0. The fourth-order valence-electron chi connectivity index (χ4n) is 2.71. The van der Waals surface area contributed by atoms with Gasteiger partial charge in [-0.2, -0.15) is 0 Å². The second-order valence-corrected chi connectivity index (χ2v) is 4.54. The van der Waals surface area contributed by atoms with Crippen molar-refractivity contribution in [1.82, 2.24) is 10.3 Å². The molecule has 2 fully saturated rings. The quantitative estimate of drug-likeness (QED) is 0.860. The Hall–Kier alpha value is -0.800. The van der Waals surface area contributed by atoms with E-state index < -0.39 is 0 Å². The standard InChI is InChI=1S/C12H16N2O.ClH/c1-2-11(8-13-5-1)15-12-6-9-3-4-10(7-12)14-9;/h1-2,5,8-10,12,14H,3-4,6-7H2;1H/t9-,10+,12?;. The van der Waals surface area contributed by atoms with E-state index in [2.05, 4.69) is 10.3 Å². The lowest BCUT2D eigenvalue weighted by Gasteiger charge is -2.29. The highest BCUT2D eigenvalue weighted by molar-refractivity contribution is 5.85. The number of nitrogens with one attached hydrogen (secondary N) is 1. The molecular formula is C12H17ClN2O. The molecule has 0 aliphatic carbocycles. The van der Waals surface area contributed by atoms with Crippen LogP contribution in [0.2, 0.25) is 0 Å². The Morgan fingerprint density at radius 2 is 2.00 bits per heavy atom. The first-order valence-corrected chi connectivity index (χ1v) is 5.73. The van der Waals surface area contributed by atoms with Gasteiger partial charge >= 0.3 is 0 Å². The number of piperidine rings is 1. The number of ether oxygens (including phenoxy) is 1. The molecule has 0 amide bonds. The minimum absolute atomic E-state index is 0. The molecule has 2 bridgehead atoms. The van der Waals surface area contributed by atoms with Crippen molar-refractivity contribution in [2.24, 2.45) is 0 Å². The van der Waals surface area contributed by atoms with Crippen molar-refractivity contribution in [3.05, 3.63) is 24.5 Å². The van der Waals surface area contributed by atoms with Gasteiger partial charge in [0, 0.05) is 18.3 Å². The van der Waals surface area contributed by atoms with Crippen molar-refractivity contribution >= 4 is 12.4 Å². The van der Waals surface area contributed by atoms with Crippen LogP contribution in [0.25, 0.3) is 0 Å². The van der Waals surface area contributed by atoms with Crippen LogP contribution in [0.15, 0.2) is 24.5 Å². The Morgan fingerprint density at radius 1 is 1.25 bits per heavy atom. The van der Waals surface area contributed by atoms with Crippen LogP contribution < -0.4 is 10.1 Å². The van der Waals surface area contributed by atoms with Crippen molar-refractivity contribution in [2.75, 3.05) is 0 Å². The number of aromatic nitrogens is 1. The predicted octanol–water partition coefficient (Wildman–Crippen LogP) is 2.17. The smallest absolute Gasteiger partial charge is 0.137 e. The van der Waals surface area contributed by atoms with E-state index in [0.717, 1.165) is 18.6 Å². The van der Waals surface area contributed by atoms with Crippen LogP contribution in [0.4, 0.5) is 0 Å². The van der Waals surface area contributed by atoms with Gasteiger partial charge in [-0.1, -0.05) is 0 Å². The summed E-state index contributed by atoms with van der Waals surface area (Å²) in [5, 5.41) is 3.61. The molecule has 1 aromatic rings. The van der Waals surface area contributed by atoms with Crippen molar-refractivity contribution in [2.45, 2.75) is 43.9 Å². The van der Waals surface area contributed by atoms with E-state index in [1.54, 1.807) is 12.4 Å². The van der Waals surface area contributed by atoms with Crippen LogP contribution in [0.3, 0.4) is 0 Å². The molecule has 3 nitrogen and oxygen atoms in total. The summed E-state index contributed by atoms with van der Waals surface area (Å²) >= 11 is 0. The van der Waals surface area contributed by atoms with Gasteiger partial charge in [0.15, 0.2) is 0 Å². The van der Waals surface area contributed by atoms with E-state index in [-0.39, 0.29) is 12.4 Å². The first-order valence-electron chi connectivity index (χ1n) is 5.73. The SMILES string of the molecule is Cl.c1cncc(OC2C[C@H]3CC[C@@H](C2)N3)c1. The first kappa shape index (κ1) is 11.7. The van der Waals surface area contributed by atoms with Gasteiger partial charge in [-0.05, 0) is 37.8 Å². The molecule has 3 atom stereocenters. The van der Waals surface area contributed by atoms with Crippen molar-refractivity contribution in [3.8, 4) is 5.75 Å². The lowest BCUT2D eigenvalue weighted by atomic mass is 10.0. The number of rotatable bonds is 2. The molecule has 2 saturated heterocycles. The first-order chi connectivity index (χ1) is 7.40. The average molecular weight is 241 g/mol. The largest absolute Gasteiger partial charge is 0.489 e. The normalized spacial score (nSPS) is 31.9. The second-order valence-electron chi connectivity index (χ2n) is 4.54. The zero-order valence-electron chi connectivity index (χ0n) is 9.13. The molecule has 88 valence electrons. The molecule has 4 heteroatoms. The molecule has 0 radical (unpaired) electrons. The lowest BCUT2D eigenvalue weighted by Crippen LogP contribution is -2.42. The highest BCUT2D eigenvalue weighted by Crippen LogP contribution is 2.29. The van der Waals surface area contributed by atoms with Gasteiger partial charge in [-0.15, -0.1) is 12.4 Å². The minimum atomic E-state index is 0. The number of pyridine rings is 1. The van der Waals surface area contributed by atoms with Crippen molar-refractivity contribution in [1.29, 1.82) is 0 Å². The van der Waals surface area contributed by atoms with Crippen molar-refractivity contribution < 1.29 is 4.74 Å². The van der Waals surface area contributed by atoms with Gasteiger partial charge in [0.25, 0.3) is 0 Å². The summed E-state index contributed by atoms with van der Waals surface area (Å²) in [4.78, 5) is 4.06. The predicted molar refractivity (Wildman–Crippen MR) is 65.1 cm³/mol. The maximum Gasteiger partial charge on any atom is 0.137 e. The summed E-state index contributed by atoms with van der Waals surface area (Å²) in [6.07, 6.45) is 8.88. The van der Waals surface area contributed by atoms with Gasteiger partial charge in [0.05, 0.1) is 6.20 Å². The van der Waals surface area contributed by atoms with Crippen LogP contribution in [-0.2, 0) is 0 Å². The molecule has 1 unspecified atom stereocenters. The third kappa shape index (κ3) is 2.47. The number of halogens is 1. The van der Waals surface area contributed by atoms with E-state index in [1.807, 2.05) is 12.1 Å². The molecule has 2 aliphatic heterocycles. The minimum Gasteiger partial charge on any atom is -0.489 e. The molecule has 1 N–H and O–H groups in total. The fraction of sp³-hybridized carbons (Fsp3) is 0.583. The molecular weight excluding hydrogens is 224 g/mol. The van der Waals surface area contributed by atoms with Gasteiger partial charge in [0.2, 0.25) is 0 Å². The molecule has 1 aromatic heterocycles. The highest BCUT2D eigenvalue weighted by Gasteiger charge is 2.34. The molecule has 0 saturated carbocycles. The topological polar surface area (TPSA) is 34.1 Å². The summed E-state index contributed by atoms with van der Waals surface area (Å²) in [5.41, 5.74) is 0. The molecule has 3 heterocycles. The van der Waals surface area contributed by atoms with Gasteiger partial charge in [-0.25, -0.2) is 0 Å². The number of nitrogens with zero attached hydrogens (tertiary/aromatic N) is 1. The zero-order valence-corrected chi connectivity index (χ0v) is 9.95. The molecule has 0 aromatic carbocycles. The average Bonchev–Trinajstić information content (AvgIpc) is 2.60. The Labute approximate surface area is 102 Å². The Morgan fingerprint density at radius 3 is 2.62 bits per heavy atom. The Balaban J connectivity index is 0.000000963. The van der Waals surface area contributed by atoms with Crippen LogP contribution >= 0.6 is 12.4 Å². The number of hydrogen-bond donors (Lipinski definition) is 1. The van der Waals surface area contributed by atoms with Crippen LogP contribution in [0.5, 0.6) is 5.75 Å². The number of hydrogen-bond acceptors (Lipinski definition) is 3. The van der Waals surface area contributed by atoms with E-state index >= 15 is 0 Å². The van der Waals surface area contributed by atoms with Gasteiger partial charge in [0.1, 0.15) is 11.9 Å². The second kappa shape index (κ2) is 5.02. The highest BCUT2D eigenvalue weighted by atomic mass is 35.5. The summed E-state index contributed by atoms with van der Waals surface area (Å²) in [5.74, 6) is 0.906.